The topological polar surface area (TPSA) is 80.5 Å². The molecule has 0 saturated carbocycles. The van der Waals surface area contributed by atoms with Gasteiger partial charge in [-0.2, -0.15) is 0 Å². The number of rotatable bonds is 2. The van der Waals surface area contributed by atoms with Crippen molar-refractivity contribution < 1.29 is 13.2 Å². The van der Waals surface area contributed by atoms with Crippen molar-refractivity contribution in [3.63, 3.8) is 0 Å². The van der Waals surface area contributed by atoms with E-state index in [0.29, 0.717) is 12.0 Å². The molecule has 2 aromatic heterocycles. The third-order valence-corrected chi connectivity index (χ3v) is 4.99. The number of nitrogens with one attached hydrogen (secondary N) is 1. The average molecular weight is 279 g/mol. The lowest BCUT2D eigenvalue weighted by atomic mass is 10.2. The van der Waals surface area contributed by atoms with Crippen molar-refractivity contribution >= 4 is 21.4 Å². The number of amides is 1. The fourth-order valence-electron chi connectivity index (χ4n) is 2.23. The molecule has 3 heterocycles. The van der Waals surface area contributed by atoms with Crippen molar-refractivity contribution in [2.75, 3.05) is 11.5 Å². The van der Waals surface area contributed by atoms with Crippen molar-refractivity contribution in [3.8, 4) is 0 Å². The zero-order valence-electron chi connectivity index (χ0n) is 10.1. The van der Waals surface area contributed by atoms with Gasteiger partial charge < -0.3 is 9.72 Å². The van der Waals surface area contributed by atoms with E-state index < -0.39 is 9.84 Å². The maximum Gasteiger partial charge on any atom is 0.253 e. The second-order valence-corrected chi connectivity index (χ2v) is 6.91. The first-order valence-electron chi connectivity index (χ1n) is 5.97. The highest BCUT2D eigenvalue weighted by Crippen LogP contribution is 2.12. The molecular weight excluding hydrogens is 266 g/mol. The van der Waals surface area contributed by atoms with Crippen LogP contribution in [0.4, 0.5) is 0 Å². The Morgan fingerprint density at radius 1 is 1.42 bits per heavy atom. The van der Waals surface area contributed by atoms with Crippen LogP contribution in [-0.2, 0) is 9.84 Å². The molecule has 7 heteroatoms. The molecular formula is C12H13N3O3S. The molecule has 1 amide bonds. The van der Waals surface area contributed by atoms with E-state index in [-0.39, 0.29) is 23.5 Å². The number of pyridine rings is 1. The van der Waals surface area contributed by atoms with Crippen LogP contribution < -0.4 is 5.32 Å². The van der Waals surface area contributed by atoms with Gasteiger partial charge in [0.15, 0.2) is 9.84 Å². The van der Waals surface area contributed by atoms with Gasteiger partial charge in [0.1, 0.15) is 5.65 Å². The van der Waals surface area contributed by atoms with Crippen LogP contribution in [0.5, 0.6) is 0 Å². The number of carbonyl (C=O) groups excluding carboxylic acids is 1. The Morgan fingerprint density at radius 3 is 3.00 bits per heavy atom. The van der Waals surface area contributed by atoms with Gasteiger partial charge in [-0.05, 0) is 18.6 Å². The number of fused-ring (bicyclic) bond motifs is 1. The summed E-state index contributed by atoms with van der Waals surface area (Å²) in [5, 5.41) is 2.76. The molecule has 0 radical (unpaired) electrons. The van der Waals surface area contributed by atoms with Gasteiger partial charge in [-0.1, -0.05) is 0 Å². The molecule has 0 bridgehead atoms. The fraction of sp³-hybridized carbons (Fsp3) is 0.333. The van der Waals surface area contributed by atoms with Gasteiger partial charge in [-0.15, -0.1) is 0 Å². The smallest absolute Gasteiger partial charge is 0.253 e. The predicted molar refractivity (Wildman–Crippen MR) is 69.7 cm³/mol. The molecule has 100 valence electrons. The highest BCUT2D eigenvalue weighted by Gasteiger charge is 2.29. The van der Waals surface area contributed by atoms with Crippen LogP contribution in [-0.4, -0.2) is 41.3 Å². The lowest BCUT2D eigenvalue weighted by molar-refractivity contribution is 0.0940. The summed E-state index contributed by atoms with van der Waals surface area (Å²) >= 11 is 0. The van der Waals surface area contributed by atoms with Crippen LogP contribution in [0.25, 0.3) is 5.65 Å². The first-order valence-corrected chi connectivity index (χ1v) is 7.80. The van der Waals surface area contributed by atoms with E-state index in [2.05, 4.69) is 10.3 Å². The SMILES string of the molecule is O=C(NC1CCS(=O)(=O)C1)c1ccc2nccn2c1. The number of hydrogen-bond donors (Lipinski definition) is 1. The zero-order chi connectivity index (χ0) is 13.5. The number of aromatic nitrogens is 2. The maximum absolute atomic E-state index is 12.0. The monoisotopic (exact) mass is 279 g/mol. The summed E-state index contributed by atoms with van der Waals surface area (Å²) in [5.74, 6) is -0.0670. The van der Waals surface area contributed by atoms with E-state index in [1.807, 2.05) is 0 Å². The van der Waals surface area contributed by atoms with Gasteiger partial charge in [-0.25, -0.2) is 13.4 Å². The Balaban J connectivity index is 1.76. The Hall–Kier alpha value is -1.89. The fourth-order valence-corrected chi connectivity index (χ4v) is 3.91. The molecule has 1 atom stereocenters. The molecule has 19 heavy (non-hydrogen) atoms. The summed E-state index contributed by atoms with van der Waals surface area (Å²) in [7, 11) is -2.98. The van der Waals surface area contributed by atoms with Crippen molar-refractivity contribution in [1.29, 1.82) is 0 Å². The Bertz CT molecular complexity index is 736. The van der Waals surface area contributed by atoms with Gasteiger partial charge in [0.2, 0.25) is 0 Å². The summed E-state index contributed by atoms with van der Waals surface area (Å²) in [6, 6.07) is 3.15. The molecule has 0 spiro atoms. The van der Waals surface area contributed by atoms with E-state index in [4.69, 9.17) is 0 Å². The summed E-state index contributed by atoms with van der Waals surface area (Å²) in [5.41, 5.74) is 1.26. The minimum atomic E-state index is -2.98. The average Bonchev–Trinajstić information content (AvgIpc) is 2.94. The van der Waals surface area contributed by atoms with Crippen LogP contribution in [0.1, 0.15) is 16.8 Å². The van der Waals surface area contributed by atoms with Crippen molar-refractivity contribution in [1.82, 2.24) is 14.7 Å². The van der Waals surface area contributed by atoms with Crippen molar-refractivity contribution in [3.05, 3.63) is 36.3 Å². The lowest BCUT2D eigenvalue weighted by Gasteiger charge is -2.10. The minimum Gasteiger partial charge on any atom is -0.348 e. The summed E-state index contributed by atoms with van der Waals surface area (Å²) in [4.78, 5) is 16.1. The summed E-state index contributed by atoms with van der Waals surface area (Å²) < 4.78 is 24.4. The molecule has 2 aromatic rings. The largest absolute Gasteiger partial charge is 0.348 e. The molecule has 0 aliphatic carbocycles. The second-order valence-electron chi connectivity index (χ2n) is 4.68. The molecule has 1 unspecified atom stereocenters. The molecule has 3 rings (SSSR count). The number of hydrogen-bond acceptors (Lipinski definition) is 4. The Labute approximate surface area is 110 Å². The van der Waals surface area contributed by atoms with E-state index >= 15 is 0 Å². The molecule has 1 fully saturated rings. The van der Waals surface area contributed by atoms with Crippen LogP contribution in [0, 0.1) is 0 Å². The Morgan fingerprint density at radius 2 is 2.26 bits per heavy atom. The molecule has 1 saturated heterocycles. The number of nitrogens with zero attached hydrogens (tertiary/aromatic N) is 2. The number of carbonyl (C=O) groups is 1. The third kappa shape index (κ3) is 2.46. The Kier molecular flexibility index (Phi) is 2.78. The number of imidazole rings is 1. The van der Waals surface area contributed by atoms with E-state index in [1.165, 1.54) is 0 Å². The molecule has 6 nitrogen and oxygen atoms in total. The second kappa shape index (κ2) is 4.34. The highest BCUT2D eigenvalue weighted by molar-refractivity contribution is 7.91. The first-order chi connectivity index (χ1) is 9.03. The number of sulfone groups is 1. The van der Waals surface area contributed by atoms with Gasteiger partial charge >= 0.3 is 0 Å². The third-order valence-electron chi connectivity index (χ3n) is 3.22. The van der Waals surface area contributed by atoms with Gasteiger partial charge in [0, 0.05) is 24.6 Å². The minimum absolute atomic E-state index is 0.0338. The first kappa shape index (κ1) is 12.2. The van der Waals surface area contributed by atoms with Gasteiger partial charge in [0.05, 0.1) is 17.1 Å². The predicted octanol–water partition coefficient (Wildman–Crippen LogP) is 0.251. The van der Waals surface area contributed by atoms with Crippen molar-refractivity contribution in [2.45, 2.75) is 12.5 Å². The van der Waals surface area contributed by atoms with Crippen LogP contribution in [0.3, 0.4) is 0 Å². The van der Waals surface area contributed by atoms with E-state index in [9.17, 15) is 13.2 Å². The zero-order valence-corrected chi connectivity index (χ0v) is 10.9. The molecule has 1 aliphatic rings. The maximum atomic E-state index is 12.0. The highest BCUT2D eigenvalue weighted by atomic mass is 32.2. The van der Waals surface area contributed by atoms with Gasteiger partial charge in [0.25, 0.3) is 5.91 Å². The van der Waals surface area contributed by atoms with E-state index in [1.54, 1.807) is 35.1 Å². The van der Waals surface area contributed by atoms with Crippen LogP contribution >= 0.6 is 0 Å². The summed E-state index contributed by atoms with van der Waals surface area (Å²) in [6.07, 6.45) is 5.58. The van der Waals surface area contributed by atoms with E-state index in [0.717, 1.165) is 5.65 Å². The molecule has 1 N–H and O–H groups in total. The van der Waals surface area contributed by atoms with Crippen molar-refractivity contribution in [2.24, 2.45) is 0 Å². The van der Waals surface area contributed by atoms with Crippen LogP contribution in [0.15, 0.2) is 30.7 Å². The normalized spacial score (nSPS) is 21.6. The molecule has 0 aromatic carbocycles. The lowest BCUT2D eigenvalue weighted by Crippen LogP contribution is -2.35. The summed E-state index contributed by atoms with van der Waals surface area (Å²) in [6.45, 7) is 0. The standard InChI is InChI=1S/C12H13N3O3S/c16-12(14-10-3-6-19(17,18)8-10)9-1-2-11-13-4-5-15(11)7-9/h1-2,4-5,7,10H,3,6,8H2,(H,14,16). The molecule has 1 aliphatic heterocycles. The van der Waals surface area contributed by atoms with Crippen LogP contribution in [0.2, 0.25) is 0 Å². The van der Waals surface area contributed by atoms with Gasteiger partial charge in [-0.3, -0.25) is 4.79 Å². The quantitative estimate of drug-likeness (QED) is 0.854.